The minimum atomic E-state index is 0.532. The summed E-state index contributed by atoms with van der Waals surface area (Å²) >= 11 is 5.48. The van der Waals surface area contributed by atoms with Crippen LogP contribution in [0.1, 0.15) is 26.7 Å². The Morgan fingerprint density at radius 1 is 1.44 bits per heavy atom. The Bertz CT molecular complexity index is 607. The zero-order chi connectivity index (χ0) is 12.7. The third-order valence-corrected chi connectivity index (χ3v) is 3.87. The van der Waals surface area contributed by atoms with E-state index < -0.39 is 0 Å². The molecule has 18 heavy (non-hydrogen) atoms. The molecule has 1 fully saturated rings. The number of pyridine rings is 1. The summed E-state index contributed by atoms with van der Waals surface area (Å²) in [5.41, 5.74) is 0.919. The minimum absolute atomic E-state index is 0.532. The second kappa shape index (κ2) is 4.48. The van der Waals surface area contributed by atoms with Crippen LogP contribution in [0.4, 0.5) is 0 Å². The fourth-order valence-corrected chi connectivity index (χ4v) is 2.57. The predicted octanol–water partition coefficient (Wildman–Crippen LogP) is 2.70. The summed E-state index contributed by atoms with van der Waals surface area (Å²) in [6, 6.07) is 7.21. The number of hydrogen-bond acceptors (Lipinski definition) is 3. The van der Waals surface area contributed by atoms with Crippen molar-refractivity contribution in [2.24, 2.45) is 0 Å². The van der Waals surface area contributed by atoms with Crippen LogP contribution in [-0.4, -0.2) is 31.2 Å². The molecule has 3 rings (SSSR count). The average molecular weight is 262 g/mol. The van der Waals surface area contributed by atoms with E-state index in [1.165, 1.54) is 12.8 Å². The highest BCUT2D eigenvalue weighted by Crippen LogP contribution is 2.29. The molecule has 0 atom stereocenters. The third kappa shape index (κ3) is 2.08. The first kappa shape index (κ1) is 11.9. The van der Waals surface area contributed by atoms with Gasteiger partial charge >= 0.3 is 0 Å². The van der Waals surface area contributed by atoms with Crippen molar-refractivity contribution in [3.8, 4) is 0 Å². The molecule has 1 saturated carbocycles. The lowest BCUT2D eigenvalue weighted by Gasteiger charge is -2.25. The molecule has 0 bridgehead atoms. The van der Waals surface area contributed by atoms with E-state index in [1.807, 2.05) is 33.5 Å². The van der Waals surface area contributed by atoms with Crippen molar-refractivity contribution < 1.29 is 0 Å². The van der Waals surface area contributed by atoms with Crippen LogP contribution in [0.5, 0.6) is 0 Å². The molecular formula is C13H18N4S. The van der Waals surface area contributed by atoms with Gasteiger partial charge in [-0.25, -0.2) is 4.68 Å². The van der Waals surface area contributed by atoms with E-state index in [9.17, 15) is 0 Å². The van der Waals surface area contributed by atoms with Gasteiger partial charge in [-0.3, -0.25) is 9.30 Å². The topological polar surface area (TPSA) is 25.5 Å². The van der Waals surface area contributed by atoms with E-state index in [0.717, 1.165) is 23.1 Å². The van der Waals surface area contributed by atoms with Gasteiger partial charge in [0.25, 0.3) is 0 Å². The fourth-order valence-electron chi connectivity index (χ4n) is 2.32. The summed E-state index contributed by atoms with van der Waals surface area (Å²) in [5, 5.41) is 4.58. The SMILES string of the molecule is CC(C)N(Cn1nc2ccccn2c1=S)C1CC1. The van der Waals surface area contributed by atoms with Crippen LogP contribution in [0, 0.1) is 4.77 Å². The molecule has 0 radical (unpaired) electrons. The number of rotatable bonds is 4. The number of hydrogen-bond donors (Lipinski definition) is 0. The first-order chi connectivity index (χ1) is 8.66. The lowest BCUT2D eigenvalue weighted by molar-refractivity contribution is 0.152. The minimum Gasteiger partial charge on any atom is -0.279 e. The molecule has 0 unspecified atom stereocenters. The summed E-state index contributed by atoms with van der Waals surface area (Å²) in [6.45, 7) is 5.26. The van der Waals surface area contributed by atoms with E-state index >= 15 is 0 Å². The van der Waals surface area contributed by atoms with Gasteiger partial charge in [0.2, 0.25) is 4.77 Å². The van der Waals surface area contributed by atoms with Gasteiger partial charge in [-0.05, 0) is 51.0 Å². The molecule has 0 saturated heterocycles. The standard InChI is InChI=1S/C13H18N4S/c1-10(2)16(11-6-7-11)9-17-13(18)15-8-4-3-5-12(15)14-17/h3-5,8,10-11H,6-7,9H2,1-2H3. The first-order valence-electron chi connectivity index (χ1n) is 6.47. The van der Waals surface area contributed by atoms with Crippen LogP contribution in [0.2, 0.25) is 0 Å². The molecule has 4 nitrogen and oxygen atoms in total. The van der Waals surface area contributed by atoms with Crippen LogP contribution >= 0.6 is 12.2 Å². The normalized spacial score (nSPS) is 16.0. The zero-order valence-corrected chi connectivity index (χ0v) is 11.6. The molecule has 0 spiro atoms. The molecule has 5 heteroatoms. The van der Waals surface area contributed by atoms with Gasteiger partial charge < -0.3 is 0 Å². The molecule has 96 valence electrons. The highest BCUT2D eigenvalue weighted by atomic mass is 32.1. The monoisotopic (exact) mass is 262 g/mol. The van der Waals surface area contributed by atoms with E-state index in [-0.39, 0.29) is 0 Å². The molecule has 0 N–H and O–H groups in total. The van der Waals surface area contributed by atoms with Gasteiger partial charge in [-0.2, -0.15) is 5.10 Å². The lowest BCUT2D eigenvalue weighted by atomic mass is 10.3. The van der Waals surface area contributed by atoms with Crippen molar-refractivity contribution in [1.29, 1.82) is 0 Å². The van der Waals surface area contributed by atoms with Crippen molar-refractivity contribution in [2.75, 3.05) is 0 Å². The summed E-state index contributed by atoms with van der Waals surface area (Å²) in [6.07, 6.45) is 4.58. The van der Waals surface area contributed by atoms with Crippen LogP contribution < -0.4 is 0 Å². The van der Waals surface area contributed by atoms with E-state index in [0.29, 0.717) is 6.04 Å². The molecule has 0 aliphatic heterocycles. The Balaban J connectivity index is 1.94. The van der Waals surface area contributed by atoms with Crippen LogP contribution in [0.3, 0.4) is 0 Å². The number of fused-ring (bicyclic) bond motifs is 1. The Morgan fingerprint density at radius 3 is 2.83 bits per heavy atom. The second-order valence-corrected chi connectivity index (χ2v) is 5.56. The van der Waals surface area contributed by atoms with Gasteiger partial charge in [-0.1, -0.05) is 6.07 Å². The summed E-state index contributed by atoms with van der Waals surface area (Å²) in [5.74, 6) is 0. The van der Waals surface area contributed by atoms with Crippen LogP contribution in [0.15, 0.2) is 24.4 Å². The van der Waals surface area contributed by atoms with E-state index in [1.54, 1.807) is 0 Å². The zero-order valence-electron chi connectivity index (χ0n) is 10.8. The highest BCUT2D eigenvalue weighted by molar-refractivity contribution is 7.71. The summed E-state index contributed by atoms with van der Waals surface area (Å²) < 4.78 is 4.67. The van der Waals surface area contributed by atoms with E-state index in [2.05, 4.69) is 23.8 Å². The third-order valence-electron chi connectivity index (χ3n) is 3.46. The predicted molar refractivity (Wildman–Crippen MR) is 74.0 cm³/mol. The maximum atomic E-state index is 5.48. The van der Waals surface area contributed by atoms with Crippen molar-refractivity contribution in [3.63, 3.8) is 0 Å². The van der Waals surface area contributed by atoms with Gasteiger partial charge in [0, 0.05) is 18.3 Å². The van der Waals surface area contributed by atoms with Gasteiger partial charge in [0.05, 0.1) is 6.67 Å². The van der Waals surface area contributed by atoms with Gasteiger partial charge in [0.1, 0.15) is 0 Å². The van der Waals surface area contributed by atoms with Crippen molar-refractivity contribution >= 4 is 17.9 Å². The lowest BCUT2D eigenvalue weighted by Crippen LogP contribution is -2.35. The Kier molecular flexibility index (Phi) is 2.95. The molecule has 2 aromatic rings. The van der Waals surface area contributed by atoms with Crippen LogP contribution in [-0.2, 0) is 6.67 Å². The Labute approximate surface area is 112 Å². The second-order valence-electron chi connectivity index (χ2n) is 5.19. The van der Waals surface area contributed by atoms with Crippen LogP contribution in [0.25, 0.3) is 5.65 Å². The van der Waals surface area contributed by atoms with Gasteiger partial charge in [0.15, 0.2) is 5.65 Å². The quantitative estimate of drug-likeness (QED) is 0.792. The molecule has 1 aliphatic rings. The Hall–Kier alpha value is -1.20. The molecule has 2 heterocycles. The first-order valence-corrected chi connectivity index (χ1v) is 6.87. The fraction of sp³-hybridized carbons (Fsp3) is 0.538. The van der Waals surface area contributed by atoms with Crippen molar-refractivity contribution in [1.82, 2.24) is 19.1 Å². The maximum absolute atomic E-state index is 5.48. The molecule has 0 amide bonds. The molecule has 2 aromatic heterocycles. The molecular weight excluding hydrogens is 244 g/mol. The largest absolute Gasteiger partial charge is 0.279 e. The van der Waals surface area contributed by atoms with E-state index in [4.69, 9.17) is 12.2 Å². The highest BCUT2D eigenvalue weighted by Gasteiger charge is 2.31. The number of nitrogens with zero attached hydrogens (tertiary/aromatic N) is 4. The average Bonchev–Trinajstić information content (AvgIpc) is 3.13. The maximum Gasteiger partial charge on any atom is 0.203 e. The van der Waals surface area contributed by atoms with Gasteiger partial charge in [-0.15, -0.1) is 0 Å². The number of aromatic nitrogens is 3. The Morgan fingerprint density at radius 2 is 2.22 bits per heavy atom. The molecule has 1 aliphatic carbocycles. The van der Waals surface area contributed by atoms with Crippen molar-refractivity contribution in [2.45, 2.75) is 45.4 Å². The molecule has 0 aromatic carbocycles. The smallest absolute Gasteiger partial charge is 0.203 e. The van der Waals surface area contributed by atoms with Crippen molar-refractivity contribution in [3.05, 3.63) is 29.2 Å². The summed E-state index contributed by atoms with van der Waals surface area (Å²) in [4.78, 5) is 2.47. The summed E-state index contributed by atoms with van der Waals surface area (Å²) in [7, 11) is 0.